The number of rotatable bonds is 12. The van der Waals surface area contributed by atoms with Crippen molar-refractivity contribution in [2.45, 2.75) is 64.5 Å². The van der Waals surface area contributed by atoms with Crippen LogP contribution >= 0.6 is 0 Å². The molecule has 1 amide bonds. The SMILES string of the molecule is CC(=O)OC[C@H]1[C@@H](OC(C)=O)[C@H](n2ccc(NC(=O)c3ccccc3)nc2=O)O[C@@H]1CCO[Si](c1ccccc1)(c1ccccc1)C(C)(C)C. The Balaban J connectivity index is 1.44. The van der Waals surface area contributed by atoms with E-state index < -0.39 is 56.2 Å². The van der Waals surface area contributed by atoms with Crippen LogP contribution in [-0.4, -0.2) is 61.1 Å². The zero-order chi connectivity index (χ0) is 35.9. The molecule has 0 unspecified atom stereocenters. The van der Waals surface area contributed by atoms with Gasteiger partial charge in [0.1, 0.15) is 12.4 Å². The minimum atomic E-state index is -2.88. The Labute approximate surface area is 292 Å². The van der Waals surface area contributed by atoms with Crippen molar-refractivity contribution in [3.63, 3.8) is 0 Å². The van der Waals surface area contributed by atoms with E-state index in [0.717, 1.165) is 10.4 Å². The van der Waals surface area contributed by atoms with Gasteiger partial charge in [-0.05, 0) is 40.0 Å². The second-order valence-corrected chi connectivity index (χ2v) is 17.5. The summed E-state index contributed by atoms with van der Waals surface area (Å²) >= 11 is 0. The third kappa shape index (κ3) is 8.10. The van der Waals surface area contributed by atoms with Crippen LogP contribution in [0.2, 0.25) is 5.04 Å². The second kappa shape index (κ2) is 15.8. The molecule has 0 radical (unpaired) electrons. The maximum absolute atomic E-state index is 13.4. The number of nitrogens with one attached hydrogen (secondary N) is 1. The van der Waals surface area contributed by atoms with E-state index >= 15 is 0 Å². The van der Waals surface area contributed by atoms with Gasteiger partial charge >= 0.3 is 17.6 Å². The van der Waals surface area contributed by atoms with E-state index in [9.17, 15) is 19.2 Å². The van der Waals surface area contributed by atoms with Gasteiger partial charge in [-0.25, -0.2) is 4.79 Å². The standard InChI is InChI=1S/C38H43N3O8Si/c1-26(42)46-25-31-32(22-24-47-50(38(3,4)5,29-17-11-7-12-18-29)30-19-13-8-14-20-30)49-36(34(31)48-27(2)43)41-23-21-33(40-37(41)45)39-35(44)28-15-9-6-10-16-28/h6-21,23,31-32,34,36H,22,24-25H2,1-5H3,(H,39,40,44,45)/t31-,32-,34-,36-/m1/s1. The monoisotopic (exact) mass is 697 g/mol. The Hall–Kier alpha value is -4.91. The highest BCUT2D eigenvalue weighted by atomic mass is 28.4. The molecule has 5 rings (SSSR count). The summed E-state index contributed by atoms with van der Waals surface area (Å²) in [4.78, 5) is 54.5. The van der Waals surface area contributed by atoms with E-state index in [-0.39, 0.29) is 24.1 Å². The molecule has 0 spiro atoms. The minimum Gasteiger partial charge on any atom is -0.465 e. The van der Waals surface area contributed by atoms with Crippen LogP contribution in [0.3, 0.4) is 0 Å². The molecule has 3 aromatic carbocycles. The number of aromatic nitrogens is 2. The summed E-state index contributed by atoms with van der Waals surface area (Å²) in [6.07, 6.45) is -0.935. The number of carbonyl (C=O) groups excluding carboxylic acids is 3. The van der Waals surface area contributed by atoms with E-state index in [4.69, 9.17) is 18.6 Å². The third-order valence-corrected chi connectivity index (χ3v) is 13.8. The molecule has 0 bridgehead atoms. The molecule has 4 aromatic rings. The maximum atomic E-state index is 13.4. The lowest BCUT2D eigenvalue weighted by atomic mass is 9.96. The number of benzene rings is 3. The number of amides is 1. The molecule has 12 heteroatoms. The Morgan fingerprint density at radius 2 is 1.44 bits per heavy atom. The molecular weight excluding hydrogens is 655 g/mol. The van der Waals surface area contributed by atoms with Gasteiger partial charge in [0.15, 0.2) is 12.3 Å². The number of hydrogen-bond donors (Lipinski definition) is 1. The lowest BCUT2D eigenvalue weighted by molar-refractivity contribution is -0.155. The van der Waals surface area contributed by atoms with Crippen LogP contribution in [0.25, 0.3) is 0 Å². The van der Waals surface area contributed by atoms with Crippen LogP contribution < -0.4 is 21.4 Å². The largest absolute Gasteiger partial charge is 0.465 e. The van der Waals surface area contributed by atoms with Crippen molar-refractivity contribution in [3.05, 3.63) is 119 Å². The van der Waals surface area contributed by atoms with E-state index in [1.807, 2.05) is 36.4 Å². The van der Waals surface area contributed by atoms with Gasteiger partial charge in [-0.3, -0.25) is 19.0 Å². The molecular formula is C38H43N3O8Si. The molecule has 1 aliphatic rings. The maximum Gasteiger partial charge on any atom is 0.351 e. The van der Waals surface area contributed by atoms with E-state index in [2.05, 4.69) is 55.3 Å². The van der Waals surface area contributed by atoms with Crippen molar-refractivity contribution in [1.29, 1.82) is 0 Å². The lowest BCUT2D eigenvalue weighted by Gasteiger charge is -2.43. The summed E-state index contributed by atoms with van der Waals surface area (Å²) in [6.45, 7) is 9.29. The van der Waals surface area contributed by atoms with E-state index in [1.54, 1.807) is 30.3 Å². The highest BCUT2D eigenvalue weighted by Crippen LogP contribution is 2.40. The molecule has 1 saturated heterocycles. The fraction of sp³-hybridized carbons (Fsp3) is 0.342. The van der Waals surface area contributed by atoms with Gasteiger partial charge in [0.2, 0.25) is 0 Å². The quantitative estimate of drug-likeness (QED) is 0.168. The summed E-state index contributed by atoms with van der Waals surface area (Å²) in [5, 5.41) is 4.61. The molecule has 1 N–H and O–H groups in total. The smallest absolute Gasteiger partial charge is 0.351 e. The number of nitrogens with zero attached hydrogens (tertiary/aromatic N) is 2. The average Bonchev–Trinajstić information content (AvgIpc) is 3.41. The van der Waals surface area contributed by atoms with Crippen molar-refractivity contribution in [2.75, 3.05) is 18.5 Å². The Kier molecular flexibility index (Phi) is 11.5. The Morgan fingerprint density at radius 3 is 1.96 bits per heavy atom. The van der Waals surface area contributed by atoms with Gasteiger partial charge in [-0.1, -0.05) is 99.6 Å². The van der Waals surface area contributed by atoms with Gasteiger partial charge in [0.05, 0.1) is 12.0 Å². The predicted molar refractivity (Wildman–Crippen MR) is 191 cm³/mol. The second-order valence-electron chi connectivity index (χ2n) is 13.2. The lowest BCUT2D eigenvalue weighted by Crippen LogP contribution is -2.66. The minimum absolute atomic E-state index is 0.0499. The molecule has 50 heavy (non-hydrogen) atoms. The molecule has 1 aliphatic heterocycles. The van der Waals surface area contributed by atoms with Crippen LogP contribution in [0.15, 0.2) is 108 Å². The summed E-state index contributed by atoms with van der Waals surface area (Å²) in [5.74, 6) is -2.09. The highest BCUT2D eigenvalue weighted by Gasteiger charge is 2.52. The first kappa shape index (κ1) is 36.4. The van der Waals surface area contributed by atoms with Gasteiger partial charge in [0, 0.05) is 32.2 Å². The van der Waals surface area contributed by atoms with Crippen LogP contribution in [0.5, 0.6) is 0 Å². The van der Waals surface area contributed by atoms with Crippen molar-refractivity contribution in [2.24, 2.45) is 5.92 Å². The Morgan fingerprint density at radius 1 is 0.860 bits per heavy atom. The van der Waals surface area contributed by atoms with Crippen molar-refractivity contribution in [3.8, 4) is 0 Å². The Bertz CT molecular complexity index is 1790. The van der Waals surface area contributed by atoms with E-state index in [1.165, 1.54) is 30.7 Å². The topological polar surface area (TPSA) is 135 Å². The van der Waals surface area contributed by atoms with Crippen LogP contribution in [0, 0.1) is 5.92 Å². The zero-order valence-electron chi connectivity index (χ0n) is 28.9. The predicted octanol–water partition coefficient (Wildman–Crippen LogP) is 4.47. The first-order chi connectivity index (χ1) is 23.9. The molecule has 262 valence electrons. The van der Waals surface area contributed by atoms with Gasteiger partial charge in [-0.15, -0.1) is 0 Å². The summed E-state index contributed by atoms with van der Waals surface area (Å²) < 4.78 is 26.0. The van der Waals surface area contributed by atoms with Crippen LogP contribution in [0.1, 0.15) is 57.6 Å². The van der Waals surface area contributed by atoms with E-state index in [0.29, 0.717) is 12.0 Å². The molecule has 1 fully saturated rings. The molecule has 1 aromatic heterocycles. The van der Waals surface area contributed by atoms with Crippen molar-refractivity contribution >= 4 is 42.4 Å². The van der Waals surface area contributed by atoms with Gasteiger partial charge < -0.3 is 24.0 Å². The first-order valence-corrected chi connectivity index (χ1v) is 18.5. The van der Waals surface area contributed by atoms with Crippen molar-refractivity contribution < 1.29 is 33.0 Å². The molecule has 11 nitrogen and oxygen atoms in total. The number of hydrogen-bond acceptors (Lipinski definition) is 9. The normalized spacial score (nSPS) is 19.1. The number of esters is 2. The fourth-order valence-electron chi connectivity index (χ4n) is 6.58. The molecule has 0 aliphatic carbocycles. The average molecular weight is 698 g/mol. The number of ether oxygens (including phenoxy) is 3. The summed E-state index contributed by atoms with van der Waals surface area (Å²) in [5.41, 5.74) is -0.322. The third-order valence-electron chi connectivity index (χ3n) is 8.80. The summed E-state index contributed by atoms with van der Waals surface area (Å²) in [6, 6.07) is 30.5. The first-order valence-electron chi connectivity index (χ1n) is 16.6. The van der Waals surface area contributed by atoms with Gasteiger partial charge in [-0.2, -0.15) is 4.98 Å². The highest BCUT2D eigenvalue weighted by molar-refractivity contribution is 6.99. The van der Waals surface area contributed by atoms with Crippen LogP contribution in [-0.2, 0) is 28.2 Å². The summed E-state index contributed by atoms with van der Waals surface area (Å²) in [7, 11) is -2.88. The molecule has 4 atom stereocenters. The number of anilines is 1. The van der Waals surface area contributed by atoms with Crippen molar-refractivity contribution in [1.82, 2.24) is 9.55 Å². The molecule has 0 saturated carbocycles. The molecule has 2 heterocycles. The number of carbonyl (C=O) groups is 3. The van der Waals surface area contributed by atoms with Crippen LogP contribution in [0.4, 0.5) is 5.82 Å². The fourth-order valence-corrected chi connectivity index (χ4v) is 11.2. The van der Waals surface area contributed by atoms with Gasteiger partial charge in [0.25, 0.3) is 14.2 Å². The zero-order valence-corrected chi connectivity index (χ0v) is 29.9.